The molecule has 2 amide bonds. The quantitative estimate of drug-likeness (QED) is 0.355. The summed E-state index contributed by atoms with van der Waals surface area (Å²) in [5.74, 6) is 0.645. The molecule has 0 unspecified atom stereocenters. The maximum atomic E-state index is 13.3. The smallest absolute Gasteiger partial charge is 0.254 e. The molecule has 0 spiro atoms. The number of aryl methyl sites for hydroxylation is 2. The van der Waals surface area contributed by atoms with Gasteiger partial charge in [0.15, 0.2) is 0 Å². The third-order valence-corrected chi connectivity index (χ3v) is 6.69. The molecule has 1 saturated carbocycles. The third-order valence-electron chi connectivity index (χ3n) is 6.69. The monoisotopic (exact) mass is 494 g/mol. The number of carbonyl (C=O) groups excluding carboxylic acids is 2. The van der Waals surface area contributed by atoms with Crippen LogP contribution in [0.3, 0.4) is 0 Å². The zero-order valence-electron chi connectivity index (χ0n) is 21.3. The number of benzene rings is 3. The Labute approximate surface area is 216 Å². The SMILES string of the molecule is COc1ccc(C(=O)N(CC(=O)Nc2nc(-c3ccccc3)cn2-c2ccc(C)c(C)c2)C2CC2)cc1. The van der Waals surface area contributed by atoms with Crippen molar-refractivity contribution in [1.29, 1.82) is 0 Å². The molecule has 0 saturated heterocycles. The van der Waals surface area contributed by atoms with Gasteiger partial charge in [0.25, 0.3) is 5.91 Å². The van der Waals surface area contributed by atoms with Gasteiger partial charge in [-0.15, -0.1) is 0 Å². The van der Waals surface area contributed by atoms with Crippen molar-refractivity contribution in [3.05, 3.63) is 95.7 Å². The fourth-order valence-electron chi connectivity index (χ4n) is 4.26. The molecule has 0 bridgehead atoms. The Kier molecular flexibility index (Phi) is 6.77. The van der Waals surface area contributed by atoms with Gasteiger partial charge in [0.2, 0.25) is 11.9 Å². The molecule has 0 aliphatic heterocycles. The van der Waals surface area contributed by atoms with Gasteiger partial charge in [0.05, 0.1) is 12.8 Å². The van der Waals surface area contributed by atoms with Crippen LogP contribution < -0.4 is 10.1 Å². The van der Waals surface area contributed by atoms with E-state index in [2.05, 4.69) is 31.3 Å². The van der Waals surface area contributed by atoms with Crippen molar-refractivity contribution in [2.75, 3.05) is 19.0 Å². The molecule has 0 atom stereocenters. The lowest BCUT2D eigenvalue weighted by molar-refractivity contribution is -0.117. The lowest BCUT2D eigenvalue weighted by Gasteiger charge is -2.22. The number of aromatic nitrogens is 2. The fourth-order valence-corrected chi connectivity index (χ4v) is 4.26. The zero-order valence-corrected chi connectivity index (χ0v) is 21.3. The first-order valence-corrected chi connectivity index (χ1v) is 12.4. The molecule has 37 heavy (non-hydrogen) atoms. The van der Waals surface area contributed by atoms with Crippen molar-refractivity contribution in [3.8, 4) is 22.7 Å². The van der Waals surface area contributed by atoms with Crippen molar-refractivity contribution in [2.24, 2.45) is 0 Å². The van der Waals surface area contributed by atoms with E-state index in [1.165, 1.54) is 5.56 Å². The van der Waals surface area contributed by atoms with Crippen molar-refractivity contribution in [3.63, 3.8) is 0 Å². The molecule has 5 rings (SSSR count). The number of methoxy groups -OCH3 is 1. The largest absolute Gasteiger partial charge is 0.497 e. The number of carbonyl (C=O) groups is 2. The molecular formula is C30H30N4O3. The molecule has 1 aliphatic carbocycles. The molecule has 1 N–H and O–H groups in total. The van der Waals surface area contributed by atoms with Crippen LogP contribution in [0.15, 0.2) is 79.0 Å². The molecule has 1 heterocycles. The van der Waals surface area contributed by atoms with Gasteiger partial charge in [-0.2, -0.15) is 0 Å². The standard InChI is InChI=1S/C30H30N4O3/c1-20-9-12-25(17-21(20)2)34-18-27(22-7-5-4-6-8-22)31-30(34)32-28(35)19-33(24-13-14-24)29(36)23-10-15-26(37-3)16-11-23/h4-12,15-18,24H,13-14,19H2,1-3H3,(H,31,32,35). The first-order chi connectivity index (χ1) is 17.9. The second-order valence-electron chi connectivity index (χ2n) is 9.40. The van der Waals surface area contributed by atoms with Crippen LogP contribution in [0, 0.1) is 13.8 Å². The predicted octanol–water partition coefficient (Wildman–Crippen LogP) is 5.41. The van der Waals surface area contributed by atoms with E-state index in [1.807, 2.05) is 47.2 Å². The van der Waals surface area contributed by atoms with Gasteiger partial charge in [-0.05, 0) is 74.2 Å². The lowest BCUT2D eigenvalue weighted by Crippen LogP contribution is -2.39. The van der Waals surface area contributed by atoms with Crippen LogP contribution in [0.4, 0.5) is 5.95 Å². The number of imidazole rings is 1. The number of rotatable bonds is 8. The van der Waals surface area contributed by atoms with E-state index in [-0.39, 0.29) is 24.4 Å². The Morgan fingerprint density at radius 3 is 2.38 bits per heavy atom. The second-order valence-corrected chi connectivity index (χ2v) is 9.40. The molecule has 188 valence electrons. The number of hydrogen-bond donors (Lipinski definition) is 1. The molecular weight excluding hydrogens is 464 g/mol. The topological polar surface area (TPSA) is 76.5 Å². The van der Waals surface area contributed by atoms with Crippen LogP contribution in [0.1, 0.15) is 34.3 Å². The molecule has 7 heteroatoms. The number of amides is 2. The molecule has 1 aliphatic rings. The highest BCUT2D eigenvalue weighted by Crippen LogP contribution is 2.29. The predicted molar refractivity (Wildman–Crippen MR) is 144 cm³/mol. The second kappa shape index (κ2) is 10.3. The Morgan fingerprint density at radius 2 is 1.73 bits per heavy atom. The molecule has 4 aromatic rings. The van der Waals surface area contributed by atoms with Crippen molar-refractivity contribution >= 4 is 17.8 Å². The summed E-state index contributed by atoms with van der Waals surface area (Å²) in [6.45, 7) is 4.08. The minimum atomic E-state index is -0.288. The van der Waals surface area contributed by atoms with Gasteiger partial charge in [0.1, 0.15) is 12.3 Å². The minimum Gasteiger partial charge on any atom is -0.497 e. The van der Waals surface area contributed by atoms with Crippen LogP contribution in [0.25, 0.3) is 16.9 Å². The molecule has 1 fully saturated rings. The highest BCUT2D eigenvalue weighted by Gasteiger charge is 2.34. The Morgan fingerprint density at radius 1 is 1.00 bits per heavy atom. The molecule has 1 aromatic heterocycles. The summed E-state index contributed by atoms with van der Waals surface area (Å²) < 4.78 is 7.09. The van der Waals surface area contributed by atoms with E-state index in [0.29, 0.717) is 17.3 Å². The number of anilines is 1. The first-order valence-electron chi connectivity index (χ1n) is 12.4. The van der Waals surface area contributed by atoms with E-state index >= 15 is 0 Å². The van der Waals surface area contributed by atoms with Crippen LogP contribution in [-0.4, -0.2) is 46.0 Å². The summed E-state index contributed by atoms with van der Waals surface area (Å²) in [6, 6.07) is 23.0. The molecule has 0 radical (unpaired) electrons. The summed E-state index contributed by atoms with van der Waals surface area (Å²) in [4.78, 5) is 32.9. The first kappa shape index (κ1) is 24.3. The summed E-state index contributed by atoms with van der Waals surface area (Å²) in [5.41, 5.74) is 5.48. The van der Waals surface area contributed by atoms with E-state index in [0.717, 1.165) is 35.3 Å². The fraction of sp³-hybridized carbons (Fsp3) is 0.233. The van der Waals surface area contributed by atoms with Crippen LogP contribution >= 0.6 is 0 Å². The van der Waals surface area contributed by atoms with Gasteiger partial charge in [-0.3, -0.25) is 19.5 Å². The van der Waals surface area contributed by atoms with Gasteiger partial charge >= 0.3 is 0 Å². The summed E-state index contributed by atoms with van der Waals surface area (Å²) >= 11 is 0. The lowest BCUT2D eigenvalue weighted by atomic mass is 10.1. The van der Waals surface area contributed by atoms with E-state index < -0.39 is 0 Å². The maximum Gasteiger partial charge on any atom is 0.254 e. The Balaban J connectivity index is 1.41. The molecule has 3 aromatic carbocycles. The maximum absolute atomic E-state index is 13.3. The number of ether oxygens (including phenoxy) is 1. The minimum absolute atomic E-state index is 0.0456. The van der Waals surface area contributed by atoms with Gasteiger partial charge in [0, 0.05) is 29.1 Å². The Bertz CT molecular complexity index is 1420. The number of nitrogens with one attached hydrogen (secondary N) is 1. The summed E-state index contributed by atoms with van der Waals surface area (Å²) in [6.07, 6.45) is 3.71. The van der Waals surface area contributed by atoms with Crippen LogP contribution in [0.5, 0.6) is 5.75 Å². The van der Waals surface area contributed by atoms with E-state index in [4.69, 9.17) is 9.72 Å². The third kappa shape index (κ3) is 5.40. The summed E-state index contributed by atoms with van der Waals surface area (Å²) in [5, 5.41) is 2.97. The highest BCUT2D eigenvalue weighted by molar-refractivity contribution is 5.99. The highest BCUT2D eigenvalue weighted by atomic mass is 16.5. The van der Waals surface area contributed by atoms with Crippen molar-refractivity contribution in [2.45, 2.75) is 32.7 Å². The zero-order chi connectivity index (χ0) is 25.9. The van der Waals surface area contributed by atoms with Gasteiger partial charge < -0.3 is 9.64 Å². The number of hydrogen-bond acceptors (Lipinski definition) is 4. The Hall–Kier alpha value is -4.39. The van der Waals surface area contributed by atoms with E-state index in [9.17, 15) is 9.59 Å². The number of nitrogens with zero attached hydrogens (tertiary/aromatic N) is 3. The average Bonchev–Trinajstić information content (AvgIpc) is 3.68. The van der Waals surface area contributed by atoms with Gasteiger partial charge in [-0.1, -0.05) is 36.4 Å². The average molecular weight is 495 g/mol. The molecule has 7 nitrogen and oxygen atoms in total. The summed E-state index contributed by atoms with van der Waals surface area (Å²) in [7, 11) is 1.59. The van der Waals surface area contributed by atoms with E-state index in [1.54, 1.807) is 36.3 Å². The van der Waals surface area contributed by atoms with Crippen LogP contribution in [-0.2, 0) is 4.79 Å². The van der Waals surface area contributed by atoms with Crippen molar-refractivity contribution < 1.29 is 14.3 Å². The van der Waals surface area contributed by atoms with Crippen molar-refractivity contribution in [1.82, 2.24) is 14.5 Å². The van der Waals surface area contributed by atoms with Crippen LogP contribution in [0.2, 0.25) is 0 Å². The van der Waals surface area contributed by atoms with Gasteiger partial charge in [-0.25, -0.2) is 4.98 Å². The normalized spacial score (nSPS) is 12.7.